The highest BCUT2D eigenvalue weighted by atomic mass is 19.1. The molecule has 1 amide bonds. The van der Waals surface area contributed by atoms with Crippen molar-refractivity contribution in [2.24, 2.45) is 0 Å². The highest BCUT2D eigenvalue weighted by Gasteiger charge is 2.21. The van der Waals surface area contributed by atoms with Crippen molar-refractivity contribution in [2.45, 2.75) is 32.4 Å². The molecule has 92 valence electrons. The Morgan fingerprint density at radius 2 is 2.41 bits per heavy atom. The molecule has 3 nitrogen and oxygen atoms in total. The van der Waals surface area contributed by atoms with Gasteiger partial charge in [0.05, 0.1) is 6.04 Å². The van der Waals surface area contributed by atoms with E-state index in [1.807, 2.05) is 6.07 Å². The van der Waals surface area contributed by atoms with E-state index in [2.05, 4.69) is 10.6 Å². The van der Waals surface area contributed by atoms with Crippen LogP contribution >= 0.6 is 0 Å². The van der Waals surface area contributed by atoms with Gasteiger partial charge in [-0.2, -0.15) is 0 Å². The molecule has 0 radical (unpaired) electrons. The predicted molar refractivity (Wildman–Crippen MR) is 64.0 cm³/mol. The third-order valence-corrected chi connectivity index (χ3v) is 3.08. The lowest BCUT2D eigenvalue weighted by Gasteiger charge is -2.11. The summed E-state index contributed by atoms with van der Waals surface area (Å²) in [6.07, 6.45) is 1.92. The highest BCUT2D eigenvalue weighted by molar-refractivity contribution is 5.81. The first-order valence-electron chi connectivity index (χ1n) is 5.93. The van der Waals surface area contributed by atoms with E-state index >= 15 is 0 Å². The quantitative estimate of drug-likeness (QED) is 0.835. The second-order valence-electron chi connectivity index (χ2n) is 4.45. The second kappa shape index (κ2) is 5.27. The first-order valence-corrected chi connectivity index (χ1v) is 5.93. The van der Waals surface area contributed by atoms with Crippen LogP contribution in [0.3, 0.4) is 0 Å². The van der Waals surface area contributed by atoms with Crippen LogP contribution < -0.4 is 10.6 Å². The summed E-state index contributed by atoms with van der Waals surface area (Å²) in [6, 6.07) is 4.95. The lowest BCUT2D eigenvalue weighted by molar-refractivity contribution is -0.122. The topological polar surface area (TPSA) is 41.1 Å². The Morgan fingerprint density at radius 3 is 3.06 bits per heavy atom. The Kier molecular flexibility index (Phi) is 3.74. The largest absolute Gasteiger partial charge is 0.351 e. The number of carbonyl (C=O) groups is 1. The minimum Gasteiger partial charge on any atom is -0.351 e. The minimum absolute atomic E-state index is 0.00323. The Hall–Kier alpha value is -1.42. The van der Waals surface area contributed by atoms with Crippen molar-refractivity contribution in [3.63, 3.8) is 0 Å². The number of aryl methyl sites for hydroxylation is 1. The van der Waals surface area contributed by atoms with E-state index in [1.54, 1.807) is 13.0 Å². The summed E-state index contributed by atoms with van der Waals surface area (Å²) in [6.45, 7) is 3.01. The maximum absolute atomic E-state index is 13.3. The van der Waals surface area contributed by atoms with E-state index < -0.39 is 0 Å². The van der Waals surface area contributed by atoms with Crippen molar-refractivity contribution in [3.8, 4) is 0 Å². The molecule has 0 bridgehead atoms. The smallest absolute Gasteiger partial charge is 0.237 e. The van der Waals surface area contributed by atoms with Crippen LogP contribution in [0.5, 0.6) is 0 Å². The van der Waals surface area contributed by atoms with Gasteiger partial charge in [-0.15, -0.1) is 0 Å². The first-order chi connectivity index (χ1) is 8.16. The number of carbonyl (C=O) groups excluding carboxylic acids is 1. The lowest BCUT2D eigenvalue weighted by Crippen LogP contribution is -2.40. The molecule has 1 aliphatic heterocycles. The molecule has 1 atom stereocenters. The van der Waals surface area contributed by atoms with Gasteiger partial charge in [-0.05, 0) is 43.5 Å². The van der Waals surface area contributed by atoms with Crippen molar-refractivity contribution >= 4 is 5.91 Å². The van der Waals surface area contributed by atoms with Gasteiger partial charge in [0.25, 0.3) is 0 Å². The Bertz CT molecular complexity index is 414. The number of benzene rings is 1. The van der Waals surface area contributed by atoms with Gasteiger partial charge in [0.1, 0.15) is 5.82 Å². The minimum atomic E-state index is -0.226. The molecule has 0 unspecified atom stereocenters. The molecule has 1 saturated heterocycles. The van der Waals surface area contributed by atoms with Gasteiger partial charge in [0.2, 0.25) is 5.91 Å². The normalized spacial score (nSPS) is 19.3. The standard InChI is InChI=1S/C13H17FN2O/c1-9-4-5-10(7-11(9)14)8-16-13(17)12-3-2-6-15-12/h4-5,7,12,15H,2-3,6,8H2,1H3,(H,16,17)/t12-/m1/s1. The van der Waals surface area contributed by atoms with Gasteiger partial charge in [0.15, 0.2) is 0 Å². The third kappa shape index (κ3) is 3.03. The van der Waals surface area contributed by atoms with E-state index in [1.165, 1.54) is 6.07 Å². The van der Waals surface area contributed by atoms with Crippen molar-refractivity contribution in [3.05, 3.63) is 35.1 Å². The Morgan fingerprint density at radius 1 is 1.59 bits per heavy atom. The van der Waals surface area contributed by atoms with Crippen molar-refractivity contribution < 1.29 is 9.18 Å². The predicted octanol–water partition coefficient (Wildman–Crippen LogP) is 1.50. The van der Waals surface area contributed by atoms with Crippen LogP contribution in [0.15, 0.2) is 18.2 Å². The van der Waals surface area contributed by atoms with Crippen molar-refractivity contribution in [2.75, 3.05) is 6.54 Å². The maximum atomic E-state index is 13.3. The molecule has 2 rings (SSSR count). The monoisotopic (exact) mass is 236 g/mol. The number of halogens is 1. The molecule has 17 heavy (non-hydrogen) atoms. The fourth-order valence-electron chi connectivity index (χ4n) is 1.97. The van der Waals surface area contributed by atoms with Crippen LogP contribution in [0.1, 0.15) is 24.0 Å². The summed E-state index contributed by atoms with van der Waals surface area (Å²) in [7, 11) is 0. The lowest BCUT2D eigenvalue weighted by atomic mass is 10.1. The van der Waals surface area contributed by atoms with E-state index in [4.69, 9.17) is 0 Å². The number of hydrogen-bond acceptors (Lipinski definition) is 2. The number of amides is 1. The number of rotatable bonds is 3. The molecular formula is C13H17FN2O. The molecular weight excluding hydrogens is 219 g/mol. The van der Waals surface area contributed by atoms with Gasteiger partial charge in [-0.1, -0.05) is 12.1 Å². The molecule has 0 saturated carbocycles. The van der Waals surface area contributed by atoms with Gasteiger partial charge in [0, 0.05) is 6.54 Å². The molecule has 1 aliphatic rings. The van der Waals surface area contributed by atoms with Gasteiger partial charge in [-0.25, -0.2) is 4.39 Å². The maximum Gasteiger partial charge on any atom is 0.237 e. The SMILES string of the molecule is Cc1ccc(CNC(=O)[C@H]2CCCN2)cc1F. The summed E-state index contributed by atoms with van der Waals surface area (Å²) >= 11 is 0. The third-order valence-electron chi connectivity index (χ3n) is 3.08. The van der Waals surface area contributed by atoms with E-state index in [9.17, 15) is 9.18 Å². The molecule has 0 spiro atoms. The van der Waals surface area contributed by atoms with Crippen LogP contribution in [-0.2, 0) is 11.3 Å². The average molecular weight is 236 g/mol. The summed E-state index contributed by atoms with van der Waals surface area (Å²) < 4.78 is 13.3. The average Bonchev–Trinajstić information content (AvgIpc) is 2.84. The van der Waals surface area contributed by atoms with Crippen LogP contribution in [-0.4, -0.2) is 18.5 Å². The van der Waals surface area contributed by atoms with Crippen LogP contribution in [0, 0.1) is 12.7 Å². The van der Waals surface area contributed by atoms with Crippen LogP contribution in [0.2, 0.25) is 0 Å². The molecule has 0 aromatic heterocycles. The summed E-state index contributed by atoms with van der Waals surface area (Å²) in [5, 5.41) is 5.95. The zero-order valence-electron chi connectivity index (χ0n) is 9.92. The fourth-order valence-corrected chi connectivity index (χ4v) is 1.97. The van der Waals surface area contributed by atoms with E-state index in [0.717, 1.165) is 24.9 Å². The molecule has 2 N–H and O–H groups in total. The van der Waals surface area contributed by atoms with Crippen LogP contribution in [0.4, 0.5) is 4.39 Å². The molecule has 4 heteroatoms. The molecule has 1 heterocycles. The number of nitrogens with one attached hydrogen (secondary N) is 2. The van der Waals surface area contributed by atoms with Crippen molar-refractivity contribution in [1.82, 2.24) is 10.6 Å². The van der Waals surface area contributed by atoms with Crippen molar-refractivity contribution in [1.29, 1.82) is 0 Å². The summed E-state index contributed by atoms with van der Waals surface area (Å²) in [5.41, 5.74) is 1.41. The number of hydrogen-bond donors (Lipinski definition) is 2. The Labute approximate surface area is 100 Å². The first kappa shape index (κ1) is 12.0. The molecule has 1 fully saturated rings. The fraction of sp³-hybridized carbons (Fsp3) is 0.462. The highest BCUT2D eigenvalue weighted by Crippen LogP contribution is 2.09. The second-order valence-corrected chi connectivity index (χ2v) is 4.45. The zero-order valence-corrected chi connectivity index (χ0v) is 9.92. The van der Waals surface area contributed by atoms with Gasteiger partial charge < -0.3 is 10.6 Å². The summed E-state index contributed by atoms with van der Waals surface area (Å²) in [4.78, 5) is 11.7. The molecule has 1 aromatic carbocycles. The van der Waals surface area contributed by atoms with E-state index in [-0.39, 0.29) is 17.8 Å². The Balaban J connectivity index is 1.88. The summed E-state index contributed by atoms with van der Waals surface area (Å²) in [5.74, 6) is -0.223. The van der Waals surface area contributed by atoms with Gasteiger partial charge >= 0.3 is 0 Å². The van der Waals surface area contributed by atoms with E-state index in [0.29, 0.717) is 12.1 Å². The van der Waals surface area contributed by atoms with Crippen LogP contribution in [0.25, 0.3) is 0 Å². The molecule has 1 aromatic rings. The zero-order chi connectivity index (χ0) is 12.3. The van der Waals surface area contributed by atoms with Gasteiger partial charge in [-0.3, -0.25) is 4.79 Å². The molecule has 0 aliphatic carbocycles.